The number of nitrogens with one attached hydrogen (secondary N) is 3. The second-order valence-corrected chi connectivity index (χ2v) is 6.87. The van der Waals surface area contributed by atoms with Crippen molar-refractivity contribution in [1.29, 1.82) is 0 Å². The maximum atomic E-state index is 5.06. The van der Waals surface area contributed by atoms with Gasteiger partial charge in [-0.3, -0.25) is 9.67 Å². The first-order valence-electron chi connectivity index (χ1n) is 10.1. The summed E-state index contributed by atoms with van der Waals surface area (Å²) in [5.74, 6) is 0.770. The average molecular weight is 407 g/mol. The van der Waals surface area contributed by atoms with Crippen LogP contribution in [0.15, 0.2) is 72.0 Å². The maximum Gasteiger partial charge on any atom is 0.191 e. The molecule has 0 saturated carbocycles. The summed E-state index contributed by atoms with van der Waals surface area (Å²) < 4.78 is 6.99. The summed E-state index contributed by atoms with van der Waals surface area (Å²) in [5, 5.41) is 14.4. The van der Waals surface area contributed by atoms with E-state index in [0.29, 0.717) is 19.7 Å². The molecule has 0 bridgehead atoms. The number of nitrogens with zero attached hydrogens (tertiary/aromatic N) is 3. The van der Waals surface area contributed by atoms with Gasteiger partial charge in [0.1, 0.15) is 0 Å². The molecule has 2 aromatic carbocycles. The van der Waals surface area contributed by atoms with Crippen LogP contribution in [0.4, 0.5) is 5.69 Å². The van der Waals surface area contributed by atoms with Crippen LogP contribution in [0.5, 0.6) is 0 Å². The number of anilines is 1. The molecule has 3 rings (SSSR count). The number of benzene rings is 2. The van der Waals surface area contributed by atoms with E-state index in [0.717, 1.165) is 24.7 Å². The summed E-state index contributed by atoms with van der Waals surface area (Å²) in [5.41, 5.74) is 4.74. The van der Waals surface area contributed by atoms with E-state index in [1.807, 2.05) is 16.9 Å². The van der Waals surface area contributed by atoms with Crippen molar-refractivity contribution in [2.45, 2.75) is 19.6 Å². The number of rotatable bonds is 10. The zero-order valence-corrected chi connectivity index (χ0v) is 17.6. The van der Waals surface area contributed by atoms with E-state index in [1.165, 1.54) is 16.7 Å². The smallest absolute Gasteiger partial charge is 0.191 e. The third-order valence-corrected chi connectivity index (χ3v) is 4.73. The number of methoxy groups -OCH3 is 1. The lowest BCUT2D eigenvalue weighted by Gasteiger charge is -2.15. The summed E-state index contributed by atoms with van der Waals surface area (Å²) in [6, 6.07) is 18.7. The Bertz CT molecular complexity index is 906. The minimum atomic E-state index is 0.691. The first kappa shape index (κ1) is 21.4. The Hall–Kier alpha value is -3.32. The van der Waals surface area contributed by atoms with Crippen molar-refractivity contribution in [2.24, 2.45) is 4.99 Å². The molecule has 0 radical (unpaired) electrons. The van der Waals surface area contributed by atoms with Gasteiger partial charge in [-0.2, -0.15) is 5.10 Å². The summed E-state index contributed by atoms with van der Waals surface area (Å²) in [6.07, 6.45) is 3.78. The third-order valence-electron chi connectivity index (χ3n) is 4.73. The third kappa shape index (κ3) is 6.63. The molecular formula is C23H30N6O. The molecule has 0 atom stereocenters. The van der Waals surface area contributed by atoms with Gasteiger partial charge in [-0.25, -0.2) is 0 Å². The van der Waals surface area contributed by atoms with E-state index >= 15 is 0 Å². The molecule has 0 amide bonds. The molecule has 0 aliphatic rings. The van der Waals surface area contributed by atoms with Gasteiger partial charge in [0.15, 0.2) is 5.96 Å². The molecule has 3 aromatic rings. The van der Waals surface area contributed by atoms with Crippen LogP contribution < -0.4 is 16.0 Å². The van der Waals surface area contributed by atoms with E-state index in [9.17, 15) is 0 Å². The Balaban J connectivity index is 1.50. The van der Waals surface area contributed by atoms with Gasteiger partial charge >= 0.3 is 0 Å². The average Bonchev–Trinajstić information content (AvgIpc) is 3.29. The predicted octanol–water partition coefficient (Wildman–Crippen LogP) is 2.85. The van der Waals surface area contributed by atoms with E-state index in [1.54, 1.807) is 20.4 Å². The normalized spacial score (nSPS) is 11.3. The molecule has 0 aliphatic heterocycles. The van der Waals surface area contributed by atoms with Gasteiger partial charge < -0.3 is 20.7 Å². The lowest BCUT2D eigenvalue weighted by molar-refractivity contribution is 0.211. The fourth-order valence-electron chi connectivity index (χ4n) is 3.08. The summed E-state index contributed by atoms with van der Waals surface area (Å²) >= 11 is 0. The molecule has 1 heterocycles. The summed E-state index contributed by atoms with van der Waals surface area (Å²) in [7, 11) is 3.49. The number of hydrogen-bond donors (Lipinski definition) is 3. The first-order valence-corrected chi connectivity index (χ1v) is 10.1. The lowest BCUT2D eigenvalue weighted by Crippen LogP contribution is -2.36. The molecule has 7 nitrogen and oxygen atoms in total. The van der Waals surface area contributed by atoms with Gasteiger partial charge in [-0.05, 0) is 34.9 Å². The fraction of sp³-hybridized carbons (Fsp3) is 0.304. The van der Waals surface area contributed by atoms with Gasteiger partial charge in [0.05, 0.1) is 13.2 Å². The molecule has 0 saturated heterocycles. The summed E-state index contributed by atoms with van der Waals surface area (Å²) in [6.45, 7) is 3.64. The predicted molar refractivity (Wildman–Crippen MR) is 122 cm³/mol. The van der Waals surface area contributed by atoms with E-state index in [-0.39, 0.29) is 0 Å². The van der Waals surface area contributed by atoms with Gasteiger partial charge in [0, 0.05) is 51.9 Å². The highest BCUT2D eigenvalue weighted by Gasteiger charge is 2.05. The van der Waals surface area contributed by atoms with Crippen molar-refractivity contribution in [2.75, 3.05) is 32.6 Å². The second-order valence-electron chi connectivity index (χ2n) is 6.87. The van der Waals surface area contributed by atoms with Crippen LogP contribution in [0.25, 0.3) is 0 Å². The molecule has 0 unspecified atom stereocenters. The Morgan fingerprint density at radius 3 is 2.47 bits per heavy atom. The molecule has 30 heavy (non-hydrogen) atoms. The van der Waals surface area contributed by atoms with Gasteiger partial charge in [-0.15, -0.1) is 0 Å². The first-order chi connectivity index (χ1) is 14.8. The zero-order valence-electron chi connectivity index (χ0n) is 17.6. The quantitative estimate of drug-likeness (QED) is 0.274. The molecule has 158 valence electrons. The van der Waals surface area contributed by atoms with Gasteiger partial charge in [0.2, 0.25) is 0 Å². The van der Waals surface area contributed by atoms with Crippen LogP contribution >= 0.6 is 0 Å². The van der Waals surface area contributed by atoms with Crippen molar-refractivity contribution in [3.05, 3.63) is 83.7 Å². The standard InChI is InChI=1S/C23H30N6O/c1-24-23(26-16-19-8-10-22(11-9-19)25-13-15-30-2)27-17-20-6-3-4-7-21(20)18-29-14-5-12-28-29/h3-12,14,25H,13,15-18H2,1-2H3,(H2,24,26,27). The highest BCUT2D eigenvalue weighted by molar-refractivity contribution is 5.79. The Morgan fingerprint density at radius 2 is 1.77 bits per heavy atom. The Labute approximate surface area is 178 Å². The van der Waals surface area contributed by atoms with Crippen molar-refractivity contribution in [3.8, 4) is 0 Å². The number of aromatic nitrogens is 2. The minimum Gasteiger partial charge on any atom is -0.383 e. The topological polar surface area (TPSA) is 75.5 Å². The zero-order chi connectivity index (χ0) is 21.0. The fourth-order valence-corrected chi connectivity index (χ4v) is 3.08. The van der Waals surface area contributed by atoms with Crippen molar-refractivity contribution < 1.29 is 4.74 Å². The SMILES string of the molecule is CN=C(NCc1ccc(NCCOC)cc1)NCc1ccccc1Cn1cccn1. The Kier molecular flexibility index (Phi) is 8.29. The van der Waals surface area contributed by atoms with Crippen molar-refractivity contribution >= 4 is 11.6 Å². The molecule has 1 aromatic heterocycles. The second kappa shape index (κ2) is 11.6. The number of ether oxygens (including phenoxy) is 1. The monoisotopic (exact) mass is 406 g/mol. The molecule has 7 heteroatoms. The number of aliphatic imine (C=N–C) groups is 1. The van der Waals surface area contributed by atoms with Crippen LogP contribution in [-0.2, 0) is 24.4 Å². The number of guanidine groups is 1. The van der Waals surface area contributed by atoms with Crippen LogP contribution in [0.1, 0.15) is 16.7 Å². The van der Waals surface area contributed by atoms with Crippen LogP contribution in [0, 0.1) is 0 Å². The number of hydrogen-bond acceptors (Lipinski definition) is 4. The minimum absolute atomic E-state index is 0.691. The maximum absolute atomic E-state index is 5.06. The highest BCUT2D eigenvalue weighted by Crippen LogP contribution is 2.11. The Morgan fingerprint density at radius 1 is 1.00 bits per heavy atom. The lowest BCUT2D eigenvalue weighted by atomic mass is 10.1. The highest BCUT2D eigenvalue weighted by atomic mass is 16.5. The molecule has 0 spiro atoms. The van der Waals surface area contributed by atoms with Gasteiger partial charge in [-0.1, -0.05) is 36.4 Å². The van der Waals surface area contributed by atoms with Crippen LogP contribution in [0.2, 0.25) is 0 Å². The van der Waals surface area contributed by atoms with E-state index < -0.39 is 0 Å². The summed E-state index contributed by atoms with van der Waals surface area (Å²) in [4.78, 5) is 4.34. The molecule has 0 fully saturated rings. The molecular weight excluding hydrogens is 376 g/mol. The van der Waals surface area contributed by atoms with Crippen molar-refractivity contribution in [1.82, 2.24) is 20.4 Å². The van der Waals surface area contributed by atoms with Crippen molar-refractivity contribution in [3.63, 3.8) is 0 Å². The van der Waals surface area contributed by atoms with Crippen LogP contribution in [-0.4, -0.2) is 43.0 Å². The molecule has 3 N–H and O–H groups in total. The van der Waals surface area contributed by atoms with E-state index in [2.05, 4.69) is 74.6 Å². The van der Waals surface area contributed by atoms with Crippen LogP contribution in [0.3, 0.4) is 0 Å². The largest absolute Gasteiger partial charge is 0.383 e. The van der Waals surface area contributed by atoms with E-state index in [4.69, 9.17) is 4.74 Å². The van der Waals surface area contributed by atoms with Gasteiger partial charge in [0.25, 0.3) is 0 Å². The molecule has 0 aliphatic carbocycles.